The van der Waals surface area contributed by atoms with E-state index in [1.807, 2.05) is 0 Å². The minimum absolute atomic E-state index is 0.532. The quantitative estimate of drug-likeness (QED) is 0.862. The van der Waals surface area contributed by atoms with Crippen LogP contribution < -0.4 is 10.1 Å². The van der Waals surface area contributed by atoms with Crippen molar-refractivity contribution in [3.63, 3.8) is 0 Å². The summed E-state index contributed by atoms with van der Waals surface area (Å²) in [5.41, 5.74) is 1.38. The predicted octanol–water partition coefficient (Wildman–Crippen LogP) is 1.84. The van der Waals surface area contributed by atoms with Crippen molar-refractivity contribution in [3.05, 3.63) is 29.8 Å². The fraction of sp³-hybridized carbons (Fsp3) is 0.600. The van der Waals surface area contributed by atoms with Gasteiger partial charge in [-0.1, -0.05) is 18.2 Å². The van der Waals surface area contributed by atoms with Gasteiger partial charge in [0.1, 0.15) is 5.75 Å². The molecule has 1 aromatic carbocycles. The minimum Gasteiger partial charge on any atom is -0.493 e. The maximum absolute atomic E-state index is 5.78. The molecule has 2 aliphatic rings. The molecule has 1 N–H and O–H groups in total. The normalized spacial score (nSPS) is 32.0. The molecule has 2 heterocycles. The van der Waals surface area contributed by atoms with E-state index in [0.717, 1.165) is 32.0 Å². The van der Waals surface area contributed by atoms with Crippen molar-refractivity contribution in [2.45, 2.75) is 31.8 Å². The molecule has 18 heavy (non-hydrogen) atoms. The molecule has 0 spiro atoms. The number of fused-ring (bicyclic) bond motifs is 1. The van der Waals surface area contributed by atoms with Crippen LogP contribution in [-0.2, 0) is 0 Å². The molecule has 1 saturated heterocycles. The van der Waals surface area contributed by atoms with E-state index in [2.05, 4.69) is 48.3 Å². The monoisotopic (exact) mass is 246 g/mol. The molecule has 3 heteroatoms. The zero-order valence-corrected chi connectivity index (χ0v) is 11.2. The lowest BCUT2D eigenvalue weighted by Crippen LogP contribution is -2.56. The summed E-state index contributed by atoms with van der Waals surface area (Å²) in [6.07, 6.45) is 0. The number of hydrogen-bond acceptors (Lipinski definition) is 3. The lowest BCUT2D eigenvalue weighted by Gasteiger charge is -2.40. The number of rotatable bonds is 2. The Labute approximate surface area is 109 Å². The second-order valence-corrected chi connectivity index (χ2v) is 5.60. The molecule has 0 aliphatic carbocycles. The van der Waals surface area contributed by atoms with Crippen molar-refractivity contribution in [2.24, 2.45) is 0 Å². The molecule has 0 radical (unpaired) electrons. The largest absolute Gasteiger partial charge is 0.493 e. The number of nitrogens with one attached hydrogen (secondary N) is 1. The van der Waals surface area contributed by atoms with Crippen LogP contribution in [0.3, 0.4) is 0 Å². The molecule has 3 atom stereocenters. The first kappa shape index (κ1) is 12.0. The summed E-state index contributed by atoms with van der Waals surface area (Å²) in [5.74, 6) is 1.61. The van der Waals surface area contributed by atoms with Crippen molar-refractivity contribution in [3.8, 4) is 5.75 Å². The van der Waals surface area contributed by atoms with Gasteiger partial charge in [-0.05, 0) is 19.9 Å². The third kappa shape index (κ3) is 2.13. The van der Waals surface area contributed by atoms with Gasteiger partial charge in [-0.25, -0.2) is 0 Å². The fourth-order valence-corrected chi connectivity index (χ4v) is 3.16. The second kappa shape index (κ2) is 4.90. The number of benzene rings is 1. The number of ether oxygens (including phenoxy) is 1. The van der Waals surface area contributed by atoms with Crippen LogP contribution in [0.1, 0.15) is 25.3 Å². The minimum atomic E-state index is 0.532. The lowest BCUT2D eigenvalue weighted by molar-refractivity contribution is 0.104. The Morgan fingerprint density at radius 3 is 2.72 bits per heavy atom. The number of nitrogens with zero attached hydrogens (tertiary/aromatic N) is 1. The van der Waals surface area contributed by atoms with E-state index >= 15 is 0 Å². The Hall–Kier alpha value is -1.06. The molecule has 1 fully saturated rings. The van der Waals surface area contributed by atoms with Crippen molar-refractivity contribution in [1.29, 1.82) is 0 Å². The van der Waals surface area contributed by atoms with Gasteiger partial charge in [-0.2, -0.15) is 0 Å². The summed E-state index contributed by atoms with van der Waals surface area (Å²) in [7, 11) is 0. The van der Waals surface area contributed by atoms with Gasteiger partial charge in [0.25, 0.3) is 0 Å². The van der Waals surface area contributed by atoms with Crippen LogP contribution in [0.4, 0.5) is 0 Å². The molecular formula is C15H22N2O. The van der Waals surface area contributed by atoms with Gasteiger partial charge < -0.3 is 10.1 Å². The van der Waals surface area contributed by atoms with E-state index in [9.17, 15) is 0 Å². The molecule has 0 amide bonds. The number of piperazine rings is 1. The lowest BCUT2D eigenvalue weighted by atomic mass is 9.98. The zero-order valence-electron chi connectivity index (χ0n) is 11.2. The topological polar surface area (TPSA) is 24.5 Å². The average molecular weight is 246 g/mol. The number of para-hydroxylation sites is 1. The van der Waals surface area contributed by atoms with Crippen LogP contribution >= 0.6 is 0 Å². The van der Waals surface area contributed by atoms with E-state index in [1.54, 1.807) is 0 Å². The maximum Gasteiger partial charge on any atom is 0.122 e. The van der Waals surface area contributed by atoms with E-state index in [4.69, 9.17) is 4.74 Å². The van der Waals surface area contributed by atoms with Gasteiger partial charge >= 0.3 is 0 Å². The SMILES string of the molecule is CC1CNCC(C)N1CC1COc2ccccc21. The molecule has 3 unspecified atom stereocenters. The van der Waals surface area contributed by atoms with Crippen molar-refractivity contribution in [1.82, 2.24) is 10.2 Å². The van der Waals surface area contributed by atoms with Gasteiger partial charge in [-0.3, -0.25) is 4.90 Å². The predicted molar refractivity (Wildman–Crippen MR) is 73.2 cm³/mol. The van der Waals surface area contributed by atoms with Crippen molar-refractivity contribution >= 4 is 0 Å². The maximum atomic E-state index is 5.78. The average Bonchev–Trinajstić information content (AvgIpc) is 2.77. The molecule has 2 aliphatic heterocycles. The Bertz CT molecular complexity index is 411. The fourth-order valence-electron chi connectivity index (χ4n) is 3.16. The summed E-state index contributed by atoms with van der Waals surface area (Å²) in [4.78, 5) is 2.62. The molecule has 0 aromatic heterocycles. The van der Waals surface area contributed by atoms with Crippen LogP contribution in [0.25, 0.3) is 0 Å². The van der Waals surface area contributed by atoms with E-state index in [0.29, 0.717) is 18.0 Å². The highest BCUT2D eigenvalue weighted by atomic mass is 16.5. The van der Waals surface area contributed by atoms with Gasteiger partial charge in [0.2, 0.25) is 0 Å². The zero-order chi connectivity index (χ0) is 12.5. The molecule has 0 saturated carbocycles. The molecule has 3 nitrogen and oxygen atoms in total. The Balaban J connectivity index is 1.74. The first-order valence-corrected chi connectivity index (χ1v) is 6.94. The summed E-state index contributed by atoms with van der Waals surface area (Å²) in [6.45, 7) is 8.76. The second-order valence-electron chi connectivity index (χ2n) is 5.60. The molecule has 3 rings (SSSR count). The summed E-state index contributed by atoms with van der Waals surface area (Å²) in [6, 6.07) is 9.69. The van der Waals surface area contributed by atoms with Crippen LogP contribution in [0.5, 0.6) is 5.75 Å². The van der Waals surface area contributed by atoms with E-state index in [-0.39, 0.29) is 0 Å². The van der Waals surface area contributed by atoms with Crippen LogP contribution in [-0.4, -0.2) is 43.2 Å². The highest BCUT2D eigenvalue weighted by Gasteiger charge is 2.31. The smallest absolute Gasteiger partial charge is 0.122 e. The summed E-state index contributed by atoms with van der Waals surface area (Å²) >= 11 is 0. The first-order chi connectivity index (χ1) is 8.75. The van der Waals surface area contributed by atoms with E-state index in [1.165, 1.54) is 5.56 Å². The van der Waals surface area contributed by atoms with E-state index < -0.39 is 0 Å². The standard InChI is InChI=1S/C15H22N2O/c1-11-7-16-8-12(2)17(11)9-13-10-18-15-6-4-3-5-14(13)15/h3-6,11-13,16H,7-10H2,1-2H3. The highest BCUT2D eigenvalue weighted by molar-refractivity contribution is 5.39. The first-order valence-electron chi connectivity index (χ1n) is 6.94. The summed E-state index contributed by atoms with van der Waals surface area (Å²) < 4.78 is 5.78. The van der Waals surface area contributed by atoms with Crippen LogP contribution in [0.15, 0.2) is 24.3 Å². The van der Waals surface area contributed by atoms with Gasteiger partial charge in [0.15, 0.2) is 0 Å². The number of hydrogen-bond donors (Lipinski definition) is 1. The van der Waals surface area contributed by atoms with Gasteiger partial charge in [0.05, 0.1) is 6.61 Å². The third-order valence-electron chi connectivity index (χ3n) is 4.24. The highest BCUT2D eigenvalue weighted by Crippen LogP contribution is 2.34. The van der Waals surface area contributed by atoms with Crippen LogP contribution in [0.2, 0.25) is 0 Å². The third-order valence-corrected chi connectivity index (χ3v) is 4.24. The van der Waals surface area contributed by atoms with Gasteiger partial charge in [-0.15, -0.1) is 0 Å². The van der Waals surface area contributed by atoms with Crippen LogP contribution in [0, 0.1) is 0 Å². The molecule has 1 aromatic rings. The van der Waals surface area contributed by atoms with Crippen molar-refractivity contribution in [2.75, 3.05) is 26.2 Å². The molecule has 0 bridgehead atoms. The molecule has 98 valence electrons. The summed E-state index contributed by atoms with van der Waals surface area (Å²) in [5, 5.41) is 3.49. The Morgan fingerprint density at radius 1 is 1.22 bits per heavy atom. The Kier molecular flexibility index (Phi) is 3.27. The Morgan fingerprint density at radius 2 is 1.94 bits per heavy atom. The van der Waals surface area contributed by atoms with Crippen molar-refractivity contribution < 1.29 is 4.74 Å². The molecular weight excluding hydrogens is 224 g/mol. The van der Waals surface area contributed by atoms with Gasteiger partial charge in [0, 0.05) is 43.2 Å².